The minimum atomic E-state index is -1.02. The van der Waals surface area contributed by atoms with Crippen molar-refractivity contribution < 1.29 is 48.0 Å². The zero-order valence-corrected chi connectivity index (χ0v) is 23.5. The van der Waals surface area contributed by atoms with Crippen LogP contribution in [0.4, 0.5) is 4.79 Å². The van der Waals surface area contributed by atoms with Crippen LogP contribution in [0.15, 0.2) is 46.9 Å². The maximum absolute atomic E-state index is 13.3. The van der Waals surface area contributed by atoms with Crippen LogP contribution in [-0.4, -0.2) is 86.6 Å². The second-order valence-corrected chi connectivity index (χ2v) is 10.3. The third-order valence-electron chi connectivity index (χ3n) is 7.26. The van der Waals surface area contributed by atoms with Crippen LogP contribution in [-0.2, 0) is 38.1 Å². The molecule has 2 bridgehead atoms. The number of epoxide rings is 1. The van der Waals surface area contributed by atoms with Crippen LogP contribution in [0.1, 0.15) is 33.6 Å². The van der Waals surface area contributed by atoms with Gasteiger partial charge in [0.25, 0.3) is 5.91 Å². The van der Waals surface area contributed by atoms with Crippen molar-refractivity contribution in [1.29, 1.82) is 0 Å². The zero-order chi connectivity index (χ0) is 29.7. The number of ketones is 2. The van der Waals surface area contributed by atoms with Gasteiger partial charge < -0.3 is 39.8 Å². The molecule has 1 aliphatic carbocycles. The largest absolute Gasteiger partial charge is 0.492 e. The molecule has 2 heterocycles. The molecule has 1 fully saturated rings. The van der Waals surface area contributed by atoms with Crippen LogP contribution in [0.3, 0.4) is 0 Å². The molecule has 4 N–H and O–H groups in total. The van der Waals surface area contributed by atoms with Gasteiger partial charge in [0.2, 0.25) is 11.6 Å². The number of rotatable bonds is 4. The number of carbonyl (C=O) groups excluding carboxylic acids is 4. The maximum Gasteiger partial charge on any atom is 0.405 e. The smallest absolute Gasteiger partial charge is 0.405 e. The molecule has 0 aromatic rings. The van der Waals surface area contributed by atoms with Crippen molar-refractivity contribution in [1.82, 2.24) is 5.32 Å². The Hall–Kier alpha value is -3.32. The van der Waals surface area contributed by atoms with Gasteiger partial charge in [0.15, 0.2) is 11.9 Å². The predicted octanol–water partition coefficient (Wildman–Crippen LogP) is 1.23. The summed E-state index contributed by atoms with van der Waals surface area (Å²) in [4.78, 5) is 50.7. The number of nitrogens with two attached hydrogens (primary N) is 1. The topological polar surface area (TPSA) is 176 Å². The van der Waals surface area contributed by atoms with E-state index in [2.05, 4.69) is 5.32 Å². The first-order chi connectivity index (χ1) is 18.9. The first kappa shape index (κ1) is 31.2. The van der Waals surface area contributed by atoms with E-state index in [-0.39, 0.29) is 34.9 Å². The third-order valence-corrected chi connectivity index (χ3v) is 7.26. The number of methoxy groups -OCH3 is 3. The number of amides is 2. The molecule has 0 saturated carbocycles. The molecule has 40 heavy (non-hydrogen) atoms. The van der Waals surface area contributed by atoms with E-state index < -0.39 is 66.1 Å². The third kappa shape index (κ3) is 7.25. The molecule has 12 nitrogen and oxygen atoms in total. The number of hydrogen-bond acceptors (Lipinski definition) is 10. The Labute approximate surface area is 233 Å². The molecule has 0 aromatic carbocycles. The van der Waals surface area contributed by atoms with Gasteiger partial charge in [-0.25, -0.2) is 4.79 Å². The Morgan fingerprint density at radius 1 is 1.12 bits per heavy atom. The molecule has 12 heteroatoms. The van der Waals surface area contributed by atoms with Gasteiger partial charge in [-0.05, 0) is 37.8 Å². The Bertz CT molecular complexity index is 1140. The molecule has 8 atom stereocenters. The molecular formula is C28H38N2O10. The highest BCUT2D eigenvalue weighted by Crippen LogP contribution is 2.33. The van der Waals surface area contributed by atoms with Crippen molar-refractivity contribution in [2.24, 2.45) is 17.6 Å². The van der Waals surface area contributed by atoms with Crippen molar-refractivity contribution in [2.45, 2.75) is 70.2 Å². The number of allylic oxidation sites excluding steroid dienone is 2. The number of aliphatic hydroxyl groups excluding tert-OH is 1. The average Bonchev–Trinajstić information content (AvgIpc) is 3.65. The molecule has 0 aromatic heterocycles. The molecular weight excluding hydrogens is 524 g/mol. The fourth-order valence-electron chi connectivity index (χ4n) is 5.00. The van der Waals surface area contributed by atoms with Gasteiger partial charge in [0, 0.05) is 37.4 Å². The highest BCUT2D eigenvalue weighted by molar-refractivity contribution is 6.23. The van der Waals surface area contributed by atoms with Crippen molar-refractivity contribution >= 4 is 23.6 Å². The van der Waals surface area contributed by atoms with Gasteiger partial charge in [-0.1, -0.05) is 19.9 Å². The lowest BCUT2D eigenvalue weighted by Crippen LogP contribution is -2.38. The fraction of sp³-hybridized carbons (Fsp3) is 0.571. The van der Waals surface area contributed by atoms with Crippen LogP contribution < -0.4 is 11.1 Å². The summed E-state index contributed by atoms with van der Waals surface area (Å²) in [7, 11) is 4.20. The van der Waals surface area contributed by atoms with Gasteiger partial charge >= 0.3 is 6.09 Å². The normalized spacial score (nSPS) is 36.0. The van der Waals surface area contributed by atoms with E-state index in [4.69, 9.17) is 29.4 Å². The molecule has 3 rings (SSSR count). The Balaban J connectivity index is 2.01. The van der Waals surface area contributed by atoms with Gasteiger partial charge in [0.1, 0.15) is 18.3 Å². The average molecular weight is 563 g/mol. The first-order valence-electron chi connectivity index (χ1n) is 13.0. The summed E-state index contributed by atoms with van der Waals surface area (Å²) < 4.78 is 27.4. The van der Waals surface area contributed by atoms with Crippen molar-refractivity contribution in [3.8, 4) is 0 Å². The van der Waals surface area contributed by atoms with Crippen LogP contribution in [0.5, 0.6) is 0 Å². The van der Waals surface area contributed by atoms with E-state index in [1.54, 1.807) is 32.1 Å². The molecule has 1 saturated heterocycles. The number of nitrogens with one attached hydrogen (secondary N) is 1. The van der Waals surface area contributed by atoms with E-state index in [0.717, 1.165) is 6.08 Å². The summed E-state index contributed by atoms with van der Waals surface area (Å²) in [5.41, 5.74) is 5.50. The predicted molar refractivity (Wildman–Crippen MR) is 141 cm³/mol. The Kier molecular flexibility index (Phi) is 10.4. The van der Waals surface area contributed by atoms with Gasteiger partial charge in [-0.15, -0.1) is 0 Å². The molecule has 2 aliphatic heterocycles. The zero-order valence-electron chi connectivity index (χ0n) is 23.5. The molecule has 220 valence electrons. The molecule has 0 radical (unpaired) electrons. The number of fused-ring (bicyclic) bond motifs is 3. The molecule has 2 amide bonds. The van der Waals surface area contributed by atoms with Crippen molar-refractivity contribution in [2.75, 3.05) is 21.3 Å². The van der Waals surface area contributed by atoms with Gasteiger partial charge in [-0.2, -0.15) is 0 Å². The molecule has 0 spiro atoms. The number of carbonyl (C=O) groups is 4. The van der Waals surface area contributed by atoms with Crippen molar-refractivity contribution in [3.05, 3.63) is 46.9 Å². The highest BCUT2D eigenvalue weighted by atomic mass is 16.6. The number of Topliss-reactive ketones (excluding diaryl/α,β-unsaturated/α-hetero) is 1. The number of hydrogen-bond donors (Lipinski definition) is 3. The molecule has 3 aliphatic rings. The van der Waals surface area contributed by atoms with E-state index in [9.17, 15) is 24.3 Å². The summed E-state index contributed by atoms with van der Waals surface area (Å²) in [6.07, 6.45) is 0.869. The minimum Gasteiger partial charge on any atom is -0.492 e. The first-order valence-corrected chi connectivity index (χ1v) is 13.0. The summed E-state index contributed by atoms with van der Waals surface area (Å²) in [5.74, 6) is -2.42. The molecule has 0 unspecified atom stereocenters. The second kappa shape index (κ2) is 13.4. The SMILES string of the molecule is COC1=C2C[C@@H](C)C[C@H](OC)[C@H](O)[C@@H](C)/C=C/[C@H](OC(N)=O)[C@@H](OC)[C@H]3O[C@H]3/C=C(\C)C(=O)NC(=CC1=O)C2=O. The van der Waals surface area contributed by atoms with E-state index in [1.165, 1.54) is 21.3 Å². The van der Waals surface area contributed by atoms with E-state index in [1.807, 2.05) is 6.92 Å². The van der Waals surface area contributed by atoms with Crippen LogP contribution in [0.2, 0.25) is 0 Å². The summed E-state index contributed by atoms with van der Waals surface area (Å²) in [6, 6.07) is 0. The van der Waals surface area contributed by atoms with Crippen LogP contribution in [0.25, 0.3) is 0 Å². The summed E-state index contributed by atoms with van der Waals surface area (Å²) in [6.45, 7) is 5.17. The van der Waals surface area contributed by atoms with Gasteiger partial charge in [-0.3, -0.25) is 14.4 Å². The second-order valence-electron chi connectivity index (χ2n) is 10.3. The lowest BCUT2D eigenvalue weighted by molar-refractivity contribution is -0.120. The standard InChI is InChI=1S/C28H38N2O10/c1-13-9-16-23(33)17(12-18(31)24(16)37-5)30-27(34)15(3)11-21-26(39-21)25(38-6)19(40-28(29)35)8-7-14(2)22(32)20(10-13)36-4/h7-8,11-14,19-22,25-26,32H,9-10H2,1-6H3,(H2,29,35)(H,30,34)/b8-7+,15-11+/t13-,14+,19+,20+,21+,22-,25-,26+/m1/s1. The van der Waals surface area contributed by atoms with Crippen molar-refractivity contribution in [3.63, 3.8) is 0 Å². The summed E-state index contributed by atoms with van der Waals surface area (Å²) in [5, 5.41) is 13.6. The lowest BCUT2D eigenvalue weighted by Gasteiger charge is -2.29. The Morgan fingerprint density at radius 3 is 2.42 bits per heavy atom. The monoisotopic (exact) mass is 562 g/mol. The van der Waals surface area contributed by atoms with Crippen LogP contribution in [0, 0.1) is 11.8 Å². The lowest BCUT2D eigenvalue weighted by atomic mass is 9.86. The van der Waals surface area contributed by atoms with E-state index >= 15 is 0 Å². The summed E-state index contributed by atoms with van der Waals surface area (Å²) >= 11 is 0. The fourth-order valence-corrected chi connectivity index (χ4v) is 5.00. The number of primary amides is 1. The minimum absolute atomic E-state index is 0.0841. The number of ether oxygens (including phenoxy) is 5. The van der Waals surface area contributed by atoms with Gasteiger partial charge in [0.05, 0.1) is 25.0 Å². The van der Waals surface area contributed by atoms with E-state index in [0.29, 0.717) is 6.42 Å². The number of aliphatic hydroxyl groups is 1. The quantitative estimate of drug-likeness (QED) is 0.257. The van der Waals surface area contributed by atoms with Crippen LogP contribution >= 0.6 is 0 Å². The Morgan fingerprint density at radius 2 is 1.82 bits per heavy atom. The maximum atomic E-state index is 13.3. The highest BCUT2D eigenvalue weighted by Gasteiger charge is 2.48.